The van der Waals surface area contributed by atoms with E-state index in [0.29, 0.717) is 6.54 Å². The van der Waals surface area contributed by atoms with Crippen LogP contribution in [0.25, 0.3) is 0 Å². The van der Waals surface area contributed by atoms with E-state index in [9.17, 15) is 4.79 Å². The predicted octanol–water partition coefficient (Wildman–Crippen LogP) is 1.59. The van der Waals surface area contributed by atoms with Crippen molar-refractivity contribution in [3.8, 4) is 0 Å². The Labute approximate surface area is 120 Å². The van der Waals surface area contributed by atoms with Gasteiger partial charge in [0.2, 0.25) is 5.91 Å². The van der Waals surface area contributed by atoms with Crippen LogP contribution in [-0.4, -0.2) is 31.2 Å². The lowest BCUT2D eigenvalue weighted by molar-refractivity contribution is -0.125. The average molecular weight is 276 g/mol. The lowest BCUT2D eigenvalue weighted by Crippen LogP contribution is -2.53. The summed E-state index contributed by atoms with van der Waals surface area (Å²) in [5.74, 6) is -0.112. The molecule has 0 unspecified atom stereocenters. The van der Waals surface area contributed by atoms with Gasteiger partial charge in [0.15, 0.2) is 0 Å². The molecule has 110 valence electrons. The fraction of sp³-hybridized carbons (Fsp3) is 0.562. The van der Waals surface area contributed by atoms with E-state index in [0.717, 1.165) is 26.1 Å². The number of nitrogens with two attached hydrogens (primary N) is 1. The van der Waals surface area contributed by atoms with Gasteiger partial charge < -0.3 is 15.8 Å². The number of amides is 1. The van der Waals surface area contributed by atoms with Crippen LogP contribution < -0.4 is 11.1 Å². The second-order valence-electron chi connectivity index (χ2n) is 6.16. The zero-order chi connectivity index (χ0) is 14.6. The van der Waals surface area contributed by atoms with Gasteiger partial charge in [0.1, 0.15) is 0 Å². The van der Waals surface area contributed by atoms with Crippen LogP contribution in [0.5, 0.6) is 0 Å². The molecule has 0 bridgehead atoms. The maximum atomic E-state index is 12.0. The van der Waals surface area contributed by atoms with Crippen molar-refractivity contribution in [1.29, 1.82) is 0 Å². The topological polar surface area (TPSA) is 64.4 Å². The molecule has 1 saturated heterocycles. The third-order valence-electron chi connectivity index (χ3n) is 4.01. The summed E-state index contributed by atoms with van der Waals surface area (Å²) in [5, 5.41) is 3.01. The molecule has 0 saturated carbocycles. The molecule has 1 amide bonds. The first-order valence-electron chi connectivity index (χ1n) is 7.15. The monoisotopic (exact) mass is 276 g/mol. The van der Waals surface area contributed by atoms with Crippen LogP contribution in [0.4, 0.5) is 0 Å². The molecule has 2 rings (SSSR count). The van der Waals surface area contributed by atoms with E-state index in [2.05, 4.69) is 17.4 Å². The number of rotatable bonds is 4. The maximum absolute atomic E-state index is 12.0. The summed E-state index contributed by atoms with van der Waals surface area (Å²) in [7, 11) is 0. The van der Waals surface area contributed by atoms with Crippen LogP contribution in [0.15, 0.2) is 30.3 Å². The Morgan fingerprint density at radius 3 is 2.45 bits per heavy atom. The molecule has 1 aromatic rings. The van der Waals surface area contributed by atoms with Gasteiger partial charge in [-0.3, -0.25) is 4.79 Å². The molecule has 0 aromatic heterocycles. The molecule has 1 aliphatic heterocycles. The van der Waals surface area contributed by atoms with Crippen LogP contribution in [0.3, 0.4) is 0 Å². The summed E-state index contributed by atoms with van der Waals surface area (Å²) >= 11 is 0. The molecule has 1 fully saturated rings. The number of carbonyl (C=O) groups is 1. The van der Waals surface area contributed by atoms with E-state index < -0.39 is 5.54 Å². The third-order valence-corrected chi connectivity index (χ3v) is 4.01. The smallest absolute Gasteiger partial charge is 0.239 e. The molecule has 20 heavy (non-hydrogen) atoms. The van der Waals surface area contributed by atoms with Crippen molar-refractivity contribution >= 4 is 5.91 Å². The first kappa shape index (κ1) is 15.0. The molecular formula is C16H24N2O2. The Morgan fingerprint density at radius 1 is 1.30 bits per heavy atom. The second-order valence-corrected chi connectivity index (χ2v) is 6.16. The van der Waals surface area contributed by atoms with E-state index >= 15 is 0 Å². The highest BCUT2D eigenvalue weighted by Crippen LogP contribution is 2.34. The molecule has 0 radical (unpaired) electrons. The second kappa shape index (κ2) is 5.94. The zero-order valence-corrected chi connectivity index (χ0v) is 12.3. The Bertz CT molecular complexity index is 445. The zero-order valence-electron chi connectivity index (χ0n) is 12.3. The van der Waals surface area contributed by atoms with Gasteiger partial charge in [0, 0.05) is 25.2 Å². The minimum absolute atomic E-state index is 0.0413. The molecule has 0 atom stereocenters. The molecule has 4 heteroatoms. The summed E-state index contributed by atoms with van der Waals surface area (Å²) in [6, 6.07) is 10.4. The largest absolute Gasteiger partial charge is 0.381 e. The Hall–Kier alpha value is -1.39. The Morgan fingerprint density at radius 2 is 1.90 bits per heavy atom. The van der Waals surface area contributed by atoms with Gasteiger partial charge in [-0.05, 0) is 32.3 Å². The highest BCUT2D eigenvalue weighted by Gasteiger charge is 2.35. The van der Waals surface area contributed by atoms with Crippen molar-refractivity contribution in [2.75, 3.05) is 19.8 Å². The Balaban J connectivity index is 2.14. The van der Waals surface area contributed by atoms with Gasteiger partial charge in [0.25, 0.3) is 0 Å². The van der Waals surface area contributed by atoms with E-state index in [1.807, 2.05) is 18.2 Å². The van der Waals surface area contributed by atoms with Gasteiger partial charge in [0.05, 0.1) is 5.54 Å². The van der Waals surface area contributed by atoms with E-state index in [4.69, 9.17) is 10.5 Å². The van der Waals surface area contributed by atoms with E-state index in [-0.39, 0.29) is 11.3 Å². The lowest BCUT2D eigenvalue weighted by atomic mass is 9.74. The van der Waals surface area contributed by atoms with Crippen molar-refractivity contribution in [1.82, 2.24) is 5.32 Å². The maximum Gasteiger partial charge on any atom is 0.239 e. The van der Waals surface area contributed by atoms with Crippen LogP contribution in [0, 0.1) is 0 Å². The number of nitrogens with one attached hydrogen (secondary N) is 1. The van der Waals surface area contributed by atoms with Crippen molar-refractivity contribution in [2.24, 2.45) is 5.73 Å². The average Bonchev–Trinajstić information content (AvgIpc) is 2.45. The quantitative estimate of drug-likeness (QED) is 0.877. The molecule has 1 heterocycles. The number of carbonyl (C=O) groups excluding carboxylic acids is 1. The van der Waals surface area contributed by atoms with Crippen molar-refractivity contribution in [3.63, 3.8) is 0 Å². The third kappa shape index (κ3) is 3.38. The fourth-order valence-corrected chi connectivity index (χ4v) is 2.60. The van der Waals surface area contributed by atoms with Crippen LogP contribution >= 0.6 is 0 Å². The highest BCUT2D eigenvalue weighted by atomic mass is 16.5. The predicted molar refractivity (Wildman–Crippen MR) is 79.4 cm³/mol. The van der Waals surface area contributed by atoms with Crippen molar-refractivity contribution < 1.29 is 9.53 Å². The van der Waals surface area contributed by atoms with Crippen LogP contribution in [-0.2, 0) is 14.9 Å². The molecule has 0 aliphatic carbocycles. The van der Waals surface area contributed by atoms with Gasteiger partial charge in [-0.2, -0.15) is 0 Å². The molecule has 4 nitrogen and oxygen atoms in total. The summed E-state index contributed by atoms with van der Waals surface area (Å²) in [6.07, 6.45) is 1.84. The van der Waals surface area contributed by atoms with Crippen molar-refractivity contribution in [3.05, 3.63) is 35.9 Å². The summed E-state index contributed by atoms with van der Waals surface area (Å²) < 4.78 is 5.48. The van der Waals surface area contributed by atoms with Crippen molar-refractivity contribution in [2.45, 2.75) is 37.6 Å². The molecule has 0 spiro atoms. The van der Waals surface area contributed by atoms with Gasteiger partial charge in [-0.25, -0.2) is 0 Å². The SMILES string of the molecule is CC(C)(N)C(=O)NCC1(c2ccccc2)CCOCC1. The number of ether oxygens (including phenoxy) is 1. The number of hydrogen-bond donors (Lipinski definition) is 2. The molecular weight excluding hydrogens is 252 g/mol. The summed E-state index contributed by atoms with van der Waals surface area (Å²) in [5.41, 5.74) is 6.22. The van der Waals surface area contributed by atoms with Gasteiger partial charge >= 0.3 is 0 Å². The molecule has 1 aromatic carbocycles. The first-order valence-corrected chi connectivity index (χ1v) is 7.15. The van der Waals surface area contributed by atoms with Crippen LogP contribution in [0.1, 0.15) is 32.3 Å². The normalized spacial score (nSPS) is 18.6. The van der Waals surface area contributed by atoms with E-state index in [1.54, 1.807) is 13.8 Å². The van der Waals surface area contributed by atoms with Gasteiger partial charge in [-0.15, -0.1) is 0 Å². The standard InChI is InChI=1S/C16H24N2O2/c1-15(2,17)14(19)18-12-16(8-10-20-11-9-16)13-6-4-3-5-7-13/h3-7H,8-12,17H2,1-2H3,(H,18,19). The summed E-state index contributed by atoms with van der Waals surface area (Å²) in [6.45, 7) is 5.52. The minimum atomic E-state index is -0.844. The minimum Gasteiger partial charge on any atom is -0.381 e. The van der Waals surface area contributed by atoms with Crippen LogP contribution in [0.2, 0.25) is 0 Å². The van der Waals surface area contributed by atoms with E-state index in [1.165, 1.54) is 5.56 Å². The Kier molecular flexibility index (Phi) is 4.45. The lowest BCUT2D eigenvalue weighted by Gasteiger charge is -2.38. The molecule has 3 N–H and O–H groups in total. The van der Waals surface area contributed by atoms with Gasteiger partial charge in [-0.1, -0.05) is 30.3 Å². The fourth-order valence-electron chi connectivity index (χ4n) is 2.60. The molecule has 1 aliphatic rings. The first-order chi connectivity index (χ1) is 9.44. The number of hydrogen-bond acceptors (Lipinski definition) is 3. The summed E-state index contributed by atoms with van der Waals surface area (Å²) in [4.78, 5) is 12.0. The highest BCUT2D eigenvalue weighted by molar-refractivity contribution is 5.85. The number of benzene rings is 1.